The Morgan fingerprint density at radius 2 is 1.98 bits per heavy atom. The number of aromatic nitrogens is 2. The number of amides is 2. The predicted molar refractivity (Wildman–Crippen MR) is 140 cm³/mol. The van der Waals surface area contributed by atoms with Gasteiger partial charge in [-0.3, -0.25) is 4.79 Å². The Balaban J connectivity index is 1.24. The van der Waals surface area contributed by atoms with Gasteiger partial charge < -0.3 is 28.9 Å². The van der Waals surface area contributed by atoms with Crippen molar-refractivity contribution in [2.75, 3.05) is 19.7 Å². The van der Waals surface area contributed by atoms with Gasteiger partial charge >= 0.3 is 12.1 Å². The number of carbonyl (C=O) groups excluding carboxylic acids is 2. The van der Waals surface area contributed by atoms with Crippen LogP contribution in [0.3, 0.4) is 0 Å². The van der Waals surface area contributed by atoms with Crippen molar-refractivity contribution in [2.24, 2.45) is 0 Å². The third kappa shape index (κ3) is 4.55. The molecule has 10 nitrogen and oxygen atoms in total. The number of nitrogens with zero attached hydrogens (tertiary/aromatic N) is 4. The van der Waals surface area contributed by atoms with E-state index in [0.717, 1.165) is 25.1 Å². The van der Waals surface area contributed by atoms with Crippen LogP contribution in [0.5, 0.6) is 5.75 Å². The first-order chi connectivity index (χ1) is 19.3. The van der Waals surface area contributed by atoms with Gasteiger partial charge in [-0.05, 0) is 55.2 Å². The predicted octanol–water partition coefficient (Wildman–Crippen LogP) is 4.03. The van der Waals surface area contributed by atoms with Crippen LogP contribution in [-0.4, -0.2) is 68.2 Å². The van der Waals surface area contributed by atoms with E-state index in [9.17, 15) is 14.4 Å². The first-order valence-electron chi connectivity index (χ1n) is 13.4. The van der Waals surface area contributed by atoms with E-state index < -0.39 is 29.8 Å². The number of benzene rings is 2. The summed E-state index contributed by atoms with van der Waals surface area (Å²) in [6.07, 6.45) is 2.77. The first-order valence-corrected chi connectivity index (χ1v) is 13.4. The molecule has 3 aliphatic rings. The molecule has 1 aromatic heterocycles. The van der Waals surface area contributed by atoms with E-state index in [0.29, 0.717) is 42.1 Å². The van der Waals surface area contributed by atoms with Gasteiger partial charge in [0, 0.05) is 36.3 Å². The zero-order valence-electron chi connectivity index (χ0n) is 22.0. The fraction of sp³-hybridized carbons (Fsp3) is 0.379. The lowest BCUT2D eigenvalue weighted by Gasteiger charge is -2.25. The molecule has 0 radical (unpaired) electrons. The van der Waals surface area contributed by atoms with Crippen LogP contribution in [0, 0.1) is 5.82 Å². The van der Waals surface area contributed by atoms with Crippen LogP contribution in [0.25, 0.3) is 11.1 Å². The quantitative estimate of drug-likeness (QED) is 0.444. The number of imidazole rings is 1. The maximum Gasteiger partial charge on any atom is 0.407 e. The Morgan fingerprint density at radius 1 is 1.18 bits per heavy atom. The molecule has 1 N–H and O–H groups in total. The molecule has 4 heterocycles. The Labute approximate surface area is 229 Å². The van der Waals surface area contributed by atoms with Gasteiger partial charge in [0.25, 0.3) is 5.91 Å². The lowest BCUT2D eigenvalue weighted by molar-refractivity contribution is -0.149. The molecule has 2 amide bonds. The maximum absolute atomic E-state index is 15.4. The first kappa shape index (κ1) is 25.8. The normalized spacial score (nSPS) is 18.6. The average molecular weight is 549 g/mol. The van der Waals surface area contributed by atoms with E-state index in [4.69, 9.17) is 14.6 Å². The van der Waals surface area contributed by atoms with E-state index in [1.807, 2.05) is 4.57 Å². The van der Waals surface area contributed by atoms with Crippen LogP contribution >= 0.6 is 0 Å². The number of rotatable bonds is 7. The van der Waals surface area contributed by atoms with Gasteiger partial charge in [0.05, 0.1) is 31.7 Å². The second-order valence-electron chi connectivity index (χ2n) is 10.2. The van der Waals surface area contributed by atoms with Crippen molar-refractivity contribution < 1.29 is 33.4 Å². The fourth-order valence-corrected chi connectivity index (χ4v) is 5.82. The maximum atomic E-state index is 15.4. The molecule has 3 aliphatic heterocycles. The minimum absolute atomic E-state index is 0.0579. The molecule has 1 fully saturated rings. The molecule has 2 atom stereocenters. The van der Waals surface area contributed by atoms with Crippen molar-refractivity contribution in [1.29, 1.82) is 0 Å². The average Bonchev–Trinajstić information content (AvgIpc) is 3.72. The van der Waals surface area contributed by atoms with Crippen molar-refractivity contribution in [2.45, 2.75) is 51.4 Å². The number of esters is 1. The Kier molecular flexibility index (Phi) is 6.65. The number of carboxylic acid groups (broad SMARTS) is 1. The molecule has 3 aromatic rings. The van der Waals surface area contributed by atoms with Crippen LogP contribution in [0.4, 0.5) is 9.18 Å². The molecule has 0 spiro atoms. The summed E-state index contributed by atoms with van der Waals surface area (Å²) >= 11 is 0. The van der Waals surface area contributed by atoms with Gasteiger partial charge in [0.1, 0.15) is 17.7 Å². The molecular weight excluding hydrogens is 519 g/mol. The summed E-state index contributed by atoms with van der Waals surface area (Å²) in [6, 6.07) is 9.02. The van der Waals surface area contributed by atoms with Crippen molar-refractivity contribution >= 4 is 18.0 Å². The molecule has 40 heavy (non-hydrogen) atoms. The second kappa shape index (κ2) is 10.3. The number of likely N-dealkylation sites (tertiary alicyclic amines) is 1. The number of fused-ring (bicyclic) bond motifs is 2. The zero-order chi connectivity index (χ0) is 28.0. The van der Waals surface area contributed by atoms with Crippen LogP contribution in [-0.2, 0) is 29.0 Å². The van der Waals surface area contributed by atoms with Gasteiger partial charge in [-0.25, -0.2) is 19.0 Å². The summed E-state index contributed by atoms with van der Waals surface area (Å²) in [5.74, 6) is -0.976. The van der Waals surface area contributed by atoms with Gasteiger partial charge in [-0.15, -0.1) is 0 Å². The van der Waals surface area contributed by atoms with Gasteiger partial charge in [0.2, 0.25) is 0 Å². The Hall–Kier alpha value is -4.41. The molecule has 0 bridgehead atoms. The highest BCUT2D eigenvalue weighted by molar-refractivity contribution is 6.02. The third-order valence-corrected chi connectivity index (χ3v) is 7.79. The van der Waals surface area contributed by atoms with Crippen molar-refractivity contribution in [3.05, 3.63) is 71.1 Å². The van der Waals surface area contributed by atoms with Crippen molar-refractivity contribution in [1.82, 2.24) is 19.4 Å². The van der Waals surface area contributed by atoms with Crippen LogP contribution in [0.2, 0.25) is 0 Å². The number of carbonyl (C=O) groups is 3. The largest absolute Gasteiger partial charge is 0.489 e. The van der Waals surface area contributed by atoms with Crippen LogP contribution in [0.1, 0.15) is 53.1 Å². The lowest BCUT2D eigenvalue weighted by Crippen LogP contribution is -2.36. The Morgan fingerprint density at radius 3 is 2.70 bits per heavy atom. The summed E-state index contributed by atoms with van der Waals surface area (Å²) < 4.78 is 28.6. The Bertz CT molecular complexity index is 1490. The summed E-state index contributed by atoms with van der Waals surface area (Å²) in [7, 11) is 0. The molecule has 6 rings (SSSR count). The van der Waals surface area contributed by atoms with Gasteiger partial charge in [-0.2, -0.15) is 0 Å². The smallest absolute Gasteiger partial charge is 0.407 e. The van der Waals surface area contributed by atoms with Crippen LogP contribution in [0.15, 0.2) is 42.7 Å². The van der Waals surface area contributed by atoms with Crippen LogP contribution < -0.4 is 4.74 Å². The number of ether oxygens (including phenoxy) is 2. The fourth-order valence-electron chi connectivity index (χ4n) is 5.82. The van der Waals surface area contributed by atoms with E-state index in [2.05, 4.69) is 4.98 Å². The van der Waals surface area contributed by atoms with E-state index >= 15 is 4.39 Å². The monoisotopic (exact) mass is 548 g/mol. The SMILES string of the molecule is CCOC(=O)C(c1ncn2c1CCC2)N1Cc2c(F)cc(-c3ccc(OC4CCN(C(=O)O)C4)cc3)cc2C1=O. The van der Waals surface area contributed by atoms with Gasteiger partial charge in [0.15, 0.2) is 6.04 Å². The molecule has 0 aliphatic carbocycles. The van der Waals surface area contributed by atoms with E-state index in [1.54, 1.807) is 43.6 Å². The summed E-state index contributed by atoms with van der Waals surface area (Å²) in [4.78, 5) is 45.0. The highest BCUT2D eigenvalue weighted by Crippen LogP contribution is 2.38. The number of hydrogen-bond acceptors (Lipinski definition) is 6. The minimum atomic E-state index is -1.05. The second-order valence-corrected chi connectivity index (χ2v) is 10.2. The molecular formula is C29H29FN4O6. The number of halogens is 1. The molecule has 208 valence electrons. The summed E-state index contributed by atoms with van der Waals surface area (Å²) in [5.41, 5.74) is 3.04. The molecule has 2 unspecified atom stereocenters. The summed E-state index contributed by atoms with van der Waals surface area (Å²) in [6.45, 7) is 3.33. The highest BCUT2D eigenvalue weighted by atomic mass is 19.1. The highest BCUT2D eigenvalue weighted by Gasteiger charge is 2.42. The zero-order valence-corrected chi connectivity index (χ0v) is 22.0. The standard InChI is InChI=1S/C29H29FN4O6/c1-2-39-28(36)26(25-24-4-3-10-33(24)16-31-25)34-15-22-21(27(34)35)12-18(13-23(22)30)17-5-7-19(8-6-17)40-20-9-11-32(14-20)29(37)38/h5-8,12-13,16,20,26H,2-4,9-11,14-15H2,1H3,(H,37,38). The molecule has 1 saturated heterocycles. The molecule has 11 heteroatoms. The van der Waals surface area contributed by atoms with Crippen molar-refractivity contribution in [3.8, 4) is 16.9 Å². The number of hydrogen-bond donors (Lipinski definition) is 1. The van der Waals surface area contributed by atoms with E-state index in [1.165, 1.54) is 15.9 Å². The summed E-state index contributed by atoms with van der Waals surface area (Å²) in [5, 5.41) is 9.14. The minimum Gasteiger partial charge on any atom is -0.489 e. The van der Waals surface area contributed by atoms with E-state index in [-0.39, 0.29) is 30.4 Å². The van der Waals surface area contributed by atoms with Crippen molar-refractivity contribution in [3.63, 3.8) is 0 Å². The topological polar surface area (TPSA) is 114 Å². The third-order valence-electron chi connectivity index (χ3n) is 7.79. The molecule has 0 saturated carbocycles. The molecule has 2 aromatic carbocycles. The number of aryl methyl sites for hydroxylation is 1. The lowest BCUT2D eigenvalue weighted by atomic mass is 9.99. The van der Waals surface area contributed by atoms with Gasteiger partial charge in [-0.1, -0.05) is 12.1 Å².